The quantitative estimate of drug-likeness (QED) is 0.0809. The molecule has 11 aromatic rings. The molecule has 0 atom stereocenters. The maximum Gasteiger partial charge on any atom is 0.206 e. The van der Waals surface area contributed by atoms with Gasteiger partial charge >= 0.3 is 0 Å². The summed E-state index contributed by atoms with van der Waals surface area (Å²) in [6, 6.07) is 59.0. The van der Waals surface area contributed by atoms with E-state index in [0.717, 1.165) is 63.9 Å². The first-order chi connectivity index (χ1) is 47.5. The van der Waals surface area contributed by atoms with Gasteiger partial charge in [-0.3, -0.25) is 14.4 Å². The number of benzene rings is 11. The second kappa shape index (κ2) is 34.7. The zero-order valence-corrected chi connectivity index (χ0v) is 57.6. The first-order valence-corrected chi connectivity index (χ1v) is 32.3. The minimum Gasteiger partial charge on any atom is -0.289 e. The van der Waals surface area contributed by atoms with Gasteiger partial charge in [-0.05, 0) is 118 Å². The molecule has 0 aliphatic heterocycles. The van der Waals surface area contributed by atoms with Gasteiger partial charge in [0, 0.05) is 55.6 Å². The molecule has 19 heteroatoms. The summed E-state index contributed by atoms with van der Waals surface area (Å²) in [4.78, 5) is 37.7. The van der Waals surface area contributed by atoms with Gasteiger partial charge in [0.2, 0.25) is 9.84 Å². The molecule has 6 nitrogen and oxygen atoms in total. The fraction of sp³-hybridized carbons (Fsp3) is 0.146. The lowest BCUT2D eigenvalue weighted by atomic mass is 9.98. The number of aryl methyl sites for hydroxylation is 8. The molecule has 11 aromatic carbocycles. The normalized spacial score (nSPS) is 10.6. The number of ketones is 3. The third-order valence-corrected chi connectivity index (χ3v) is 17.6. The average molecular weight is 1410 g/mol. The number of rotatable bonds is 9. The van der Waals surface area contributed by atoms with Crippen molar-refractivity contribution in [3.63, 3.8) is 0 Å². The van der Waals surface area contributed by atoms with Crippen molar-refractivity contribution in [2.75, 3.05) is 0 Å². The number of carbonyl (C=O) groups is 3. The van der Waals surface area contributed by atoms with Gasteiger partial charge in [-0.15, -0.1) is 0 Å². The van der Waals surface area contributed by atoms with Crippen LogP contribution in [0, 0.1) is 164 Å². The van der Waals surface area contributed by atoms with Crippen LogP contribution in [0.3, 0.4) is 0 Å². The fourth-order valence-corrected chi connectivity index (χ4v) is 10.7. The molecular formula is C82H67F12NO5S. The predicted molar refractivity (Wildman–Crippen MR) is 367 cm³/mol. The molecule has 11 rings (SSSR count). The summed E-state index contributed by atoms with van der Waals surface area (Å²) >= 11 is 0. The Morgan fingerprint density at radius 2 is 0.436 bits per heavy atom. The van der Waals surface area contributed by atoms with Gasteiger partial charge in [-0.1, -0.05) is 197 Å². The molecule has 520 valence electrons. The van der Waals surface area contributed by atoms with Crippen LogP contribution >= 0.6 is 0 Å². The summed E-state index contributed by atoms with van der Waals surface area (Å²) in [5.41, 5.74) is 6.43. The second-order valence-electron chi connectivity index (χ2n) is 23.6. The Hall–Kier alpha value is -11.0. The van der Waals surface area contributed by atoms with Crippen molar-refractivity contribution in [2.45, 2.75) is 92.9 Å². The molecular weight excluding hydrogens is 1340 g/mol. The number of hydrogen-bond donors (Lipinski definition) is 0. The second-order valence-corrected chi connectivity index (χ2v) is 25.5. The van der Waals surface area contributed by atoms with E-state index in [4.69, 9.17) is 5.26 Å². The number of carbonyl (C=O) groups excluding carboxylic acids is 3. The molecule has 0 radical (unpaired) electrons. The van der Waals surface area contributed by atoms with Crippen LogP contribution in [0.1, 0.15) is 120 Å². The molecule has 0 aromatic heterocycles. The van der Waals surface area contributed by atoms with Crippen molar-refractivity contribution in [1.29, 1.82) is 5.26 Å². The molecule has 0 fully saturated rings. The summed E-state index contributed by atoms with van der Waals surface area (Å²) in [6.45, 7) is 19.1. The van der Waals surface area contributed by atoms with Gasteiger partial charge in [0.05, 0.1) is 32.6 Å². The summed E-state index contributed by atoms with van der Waals surface area (Å²) in [5, 5.41) is 8.65. The van der Waals surface area contributed by atoms with Crippen molar-refractivity contribution in [1.82, 2.24) is 0 Å². The zero-order valence-electron chi connectivity index (χ0n) is 56.8. The van der Waals surface area contributed by atoms with Gasteiger partial charge in [-0.25, -0.2) is 61.1 Å². The molecule has 0 unspecified atom stereocenters. The van der Waals surface area contributed by atoms with Crippen molar-refractivity contribution < 1.29 is 75.5 Å². The van der Waals surface area contributed by atoms with E-state index in [2.05, 4.69) is 6.07 Å². The highest BCUT2D eigenvalue weighted by atomic mass is 32.2. The topological polar surface area (TPSA) is 109 Å². The Bertz CT molecular complexity index is 4570. The lowest BCUT2D eigenvalue weighted by molar-refractivity contribution is 0.102. The van der Waals surface area contributed by atoms with Gasteiger partial charge in [0.1, 0.15) is 0 Å². The molecule has 101 heavy (non-hydrogen) atoms. The van der Waals surface area contributed by atoms with Crippen LogP contribution in [0.15, 0.2) is 198 Å². The molecule has 0 spiro atoms. The van der Waals surface area contributed by atoms with Crippen LogP contribution in [0.2, 0.25) is 0 Å². The van der Waals surface area contributed by atoms with Crippen molar-refractivity contribution in [3.8, 4) is 17.2 Å². The zero-order chi connectivity index (χ0) is 75.1. The van der Waals surface area contributed by atoms with E-state index in [1.54, 1.807) is 72.8 Å². The molecule has 0 saturated heterocycles. The van der Waals surface area contributed by atoms with Gasteiger partial charge in [-0.2, -0.15) is 5.26 Å². The molecule has 0 aliphatic carbocycles. The Morgan fingerprint density at radius 3 is 0.614 bits per heavy atom. The number of nitriles is 1. The van der Waals surface area contributed by atoms with E-state index < -0.39 is 113 Å². The van der Waals surface area contributed by atoms with Crippen LogP contribution in [0.25, 0.3) is 11.1 Å². The monoisotopic (exact) mass is 1410 g/mol. The maximum atomic E-state index is 13.8. The summed E-state index contributed by atoms with van der Waals surface area (Å²) in [6.07, 6.45) is 0. The number of nitrogens with zero attached hydrogens (tertiary/aromatic N) is 1. The number of halogens is 12. The van der Waals surface area contributed by atoms with Crippen LogP contribution < -0.4 is 0 Å². The Balaban J connectivity index is 0.000000195. The van der Waals surface area contributed by atoms with E-state index in [-0.39, 0.29) is 17.3 Å². The first-order valence-electron chi connectivity index (χ1n) is 30.8. The average Bonchev–Trinajstić information content (AvgIpc) is 0.749. The molecule has 0 saturated carbocycles. The highest BCUT2D eigenvalue weighted by molar-refractivity contribution is 7.91. The van der Waals surface area contributed by atoms with Crippen LogP contribution in [0.5, 0.6) is 0 Å². The van der Waals surface area contributed by atoms with Crippen LogP contribution in [0.4, 0.5) is 52.7 Å². The summed E-state index contributed by atoms with van der Waals surface area (Å²) in [5.74, 6) is -21.6. The highest BCUT2D eigenvalue weighted by Gasteiger charge is 2.32. The highest BCUT2D eigenvalue weighted by Crippen LogP contribution is 2.38. The Morgan fingerprint density at radius 1 is 0.267 bits per heavy atom. The molecule has 0 bridgehead atoms. The van der Waals surface area contributed by atoms with E-state index in [0.29, 0.717) is 45.9 Å². The Labute approximate surface area is 578 Å². The van der Waals surface area contributed by atoms with Crippen LogP contribution in [-0.2, 0) is 9.84 Å². The minimum absolute atomic E-state index is 0.0377. The SMILES string of the molecule is Cc1c(F)c(F)c(-c2c(F)c(F)c(C)c(F)c2F)c(F)c1F.Cc1c(F)c(F)c(C)c(F)c1F.Cc1ccc(C(=O)c2ccc(C(=O)c3ccc(C)cc3)cc2)cc1.Cc1ccc(C(=O)c2ccc(C)cc2)cc1.Cc1ccc(S(=O)(=O)c2ccc(C)cc2)cc1.Cc1cccc(C)c1C#N. The minimum atomic E-state index is -3.37. The van der Waals surface area contributed by atoms with Crippen LogP contribution in [-0.4, -0.2) is 25.8 Å². The standard InChI is InChI=1S/C22H18O2.C15H14O.C14H6F8.C14H14O2S.C9H9N.C8H6F4/c1-15-3-7-17(8-4-15)21(23)19-11-13-20(14-12-19)22(24)18-9-5-16(2)6-10-18;1-11-3-7-13(8-4-11)15(16)14-9-5-12(2)6-10-14;1-3-7(15)11(19)5(12(20)8(3)16)6-13(21)9(17)4(2)10(18)14(6)22;1-11-3-7-13(8-4-11)17(15,16)14-9-5-12(2)6-10-14;1-7-4-3-5-8(2)9(7)6-10;1-3-5(9)7(11)4(2)8(12)6(3)10/h3-14H,1-2H3;3-10H,1-2H3;1-2H3;3-10H,1-2H3;3-5H,1-2H3;1-2H3. The van der Waals surface area contributed by atoms with E-state index in [1.807, 2.05) is 171 Å². The van der Waals surface area contributed by atoms with Crippen molar-refractivity contribution >= 4 is 27.2 Å². The molecule has 0 amide bonds. The maximum absolute atomic E-state index is 13.8. The molecule has 0 N–H and O–H groups in total. The van der Waals surface area contributed by atoms with Crippen molar-refractivity contribution in [3.05, 3.63) is 364 Å². The fourth-order valence-electron chi connectivity index (χ4n) is 9.43. The van der Waals surface area contributed by atoms with Gasteiger partial charge < -0.3 is 0 Å². The van der Waals surface area contributed by atoms with Gasteiger partial charge in [0.15, 0.2) is 87.2 Å². The third kappa shape index (κ3) is 19.3. The Kier molecular flexibility index (Phi) is 27.1. The first kappa shape index (κ1) is 79.0. The predicted octanol–water partition coefficient (Wildman–Crippen LogP) is 21.6. The summed E-state index contributed by atoms with van der Waals surface area (Å²) in [7, 11) is -3.37. The smallest absolute Gasteiger partial charge is 0.206 e. The third-order valence-electron chi connectivity index (χ3n) is 15.8. The largest absolute Gasteiger partial charge is 0.289 e. The summed E-state index contributed by atoms with van der Waals surface area (Å²) < 4.78 is 184. The van der Waals surface area contributed by atoms with Gasteiger partial charge in [0.25, 0.3) is 0 Å². The van der Waals surface area contributed by atoms with E-state index in [1.165, 1.54) is 11.1 Å². The number of hydrogen-bond acceptors (Lipinski definition) is 6. The molecule has 0 aliphatic rings. The molecule has 0 heterocycles. The lowest BCUT2D eigenvalue weighted by Crippen LogP contribution is -2.09. The van der Waals surface area contributed by atoms with E-state index in [9.17, 15) is 75.5 Å². The van der Waals surface area contributed by atoms with E-state index >= 15 is 0 Å². The number of sulfone groups is 1. The lowest BCUT2D eigenvalue weighted by Gasteiger charge is -2.13. The van der Waals surface area contributed by atoms with Crippen molar-refractivity contribution in [2.24, 2.45) is 0 Å².